The highest BCUT2D eigenvalue weighted by Gasteiger charge is 2.24. The molecule has 3 heterocycles. The fraction of sp³-hybridized carbons (Fsp3) is 0.167. The highest BCUT2D eigenvalue weighted by molar-refractivity contribution is 5.95. The molecule has 1 aliphatic rings. The Morgan fingerprint density at radius 2 is 1.58 bits per heavy atom. The van der Waals surface area contributed by atoms with E-state index in [-0.39, 0.29) is 11.7 Å². The molecule has 31 heavy (non-hydrogen) atoms. The van der Waals surface area contributed by atoms with Gasteiger partial charge in [0.15, 0.2) is 5.82 Å². The minimum Gasteiger partial charge on any atom is -0.352 e. The predicted octanol–water partition coefficient (Wildman–Crippen LogP) is 3.79. The van der Waals surface area contributed by atoms with Crippen molar-refractivity contribution in [3.63, 3.8) is 0 Å². The van der Waals surface area contributed by atoms with E-state index in [0.717, 1.165) is 22.3 Å². The monoisotopic (exact) mass is 413 g/mol. The summed E-state index contributed by atoms with van der Waals surface area (Å²) in [5.41, 5.74) is 2.80. The molecule has 0 radical (unpaired) electrons. The van der Waals surface area contributed by atoms with Crippen molar-refractivity contribution in [1.82, 2.24) is 20.1 Å². The first-order valence-electron chi connectivity index (χ1n) is 10.2. The van der Waals surface area contributed by atoms with E-state index in [2.05, 4.69) is 20.1 Å². The van der Waals surface area contributed by atoms with Crippen LogP contribution in [0.2, 0.25) is 0 Å². The lowest BCUT2D eigenvalue weighted by molar-refractivity contribution is 0.0741. The summed E-state index contributed by atoms with van der Waals surface area (Å²) in [6.07, 6.45) is 0. The normalized spacial score (nSPS) is 14.1. The molecule has 2 aromatic heterocycles. The Kier molecular flexibility index (Phi) is 5.00. The molecule has 0 unspecified atom stereocenters. The number of hydrogen-bond donors (Lipinski definition) is 0. The van der Waals surface area contributed by atoms with Crippen molar-refractivity contribution in [2.75, 3.05) is 31.1 Å². The van der Waals surface area contributed by atoms with Crippen LogP contribution in [0.15, 0.2) is 72.8 Å². The van der Waals surface area contributed by atoms with Gasteiger partial charge in [0, 0.05) is 37.1 Å². The number of carbonyl (C=O) groups is 1. The Morgan fingerprint density at radius 1 is 0.806 bits per heavy atom. The van der Waals surface area contributed by atoms with E-state index in [1.54, 1.807) is 18.2 Å². The van der Waals surface area contributed by atoms with Crippen LogP contribution in [0.3, 0.4) is 0 Å². The topological polar surface area (TPSA) is 62.2 Å². The fourth-order valence-electron chi connectivity index (χ4n) is 3.75. The summed E-state index contributed by atoms with van der Waals surface area (Å²) < 4.78 is 13.1. The van der Waals surface area contributed by atoms with Gasteiger partial charge in [-0.2, -0.15) is 0 Å². The minimum absolute atomic E-state index is 0.0526. The number of fused-ring (bicyclic) bond motifs is 1. The molecule has 1 fully saturated rings. The first-order valence-corrected chi connectivity index (χ1v) is 10.2. The summed E-state index contributed by atoms with van der Waals surface area (Å²) in [6.45, 7) is 2.53. The van der Waals surface area contributed by atoms with Crippen LogP contribution in [-0.2, 0) is 0 Å². The second-order valence-corrected chi connectivity index (χ2v) is 7.45. The number of nitrogens with zero attached hydrogens (tertiary/aromatic N) is 5. The van der Waals surface area contributed by atoms with Crippen molar-refractivity contribution < 1.29 is 9.18 Å². The van der Waals surface area contributed by atoms with Crippen LogP contribution < -0.4 is 4.90 Å². The third kappa shape index (κ3) is 3.94. The number of aromatic nitrogens is 3. The Bertz CT molecular complexity index is 1220. The number of para-hydroxylation sites is 1. The molecule has 0 saturated carbocycles. The van der Waals surface area contributed by atoms with Gasteiger partial charge in [-0.3, -0.25) is 4.79 Å². The van der Waals surface area contributed by atoms with Crippen molar-refractivity contribution in [3.05, 3.63) is 84.3 Å². The lowest BCUT2D eigenvalue weighted by atomic mass is 10.1. The van der Waals surface area contributed by atoms with Crippen LogP contribution >= 0.6 is 0 Å². The van der Waals surface area contributed by atoms with E-state index in [0.29, 0.717) is 37.6 Å². The van der Waals surface area contributed by atoms with Gasteiger partial charge in [-0.05, 0) is 48.5 Å². The van der Waals surface area contributed by atoms with Gasteiger partial charge in [0.25, 0.3) is 5.91 Å². The first-order chi connectivity index (χ1) is 15.2. The molecule has 0 spiro atoms. The smallest absolute Gasteiger partial charge is 0.272 e. The van der Waals surface area contributed by atoms with Crippen LogP contribution in [0, 0.1) is 5.82 Å². The maximum absolute atomic E-state index is 13.1. The Balaban J connectivity index is 1.24. The number of pyridine rings is 1. The molecular formula is C24H20FN5O. The van der Waals surface area contributed by atoms with Crippen molar-refractivity contribution in [2.24, 2.45) is 0 Å². The molecule has 0 aliphatic carbocycles. The fourth-order valence-corrected chi connectivity index (χ4v) is 3.75. The van der Waals surface area contributed by atoms with Crippen LogP contribution in [0.25, 0.3) is 22.2 Å². The van der Waals surface area contributed by atoms with Crippen molar-refractivity contribution in [2.45, 2.75) is 0 Å². The molecule has 1 amide bonds. The SMILES string of the molecule is O=C(c1ccc2ccccc2n1)N1CCN(c2ccc(-c3ccc(F)cc3)nn2)CC1. The number of rotatable bonds is 3. The van der Waals surface area contributed by atoms with Crippen molar-refractivity contribution in [3.8, 4) is 11.3 Å². The summed E-state index contributed by atoms with van der Waals surface area (Å²) in [5.74, 6) is 0.435. The largest absolute Gasteiger partial charge is 0.352 e. The molecule has 0 bridgehead atoms. The zero-order chi connectivity index (χ0) is 21.2. The molecule has 7 heteroatoms. The van der Waals surface area contributed by atoms with Crippen molar-refractivity contribution >= 4 is 22.6 Å². The summed E-state index contributed by atoms with van der Waals surface area (Å²) in [6, 6.07) is 21.5. The molecule has 1 aliphatic heterocycles. The molecule has 0 N–H and O–H groups in total. The van der Waals surface area contributed by atoms with Crippen LogP contribution in [0.1, 0.15) is 10.5 Å². The second-order valence-electron chi connectivity index (χ2n) is 7.45. The third-order valence-electron chi connectivity index (χ3n) is 5.50. The standard InChI is InChI=1S/C24H20FN5O/c25-19-8-5-18(6-9-19)21-11-12-23(28-27-21)29-13-15-30(16-14-29)24(31)22-10-7-17-3-1-2-4-20(17)26-22/h1-12H,13-16H2. The van der Waals surface area contributed by atoms with Crippen molar-refractivity contribution in [1.29, 1.82) is 0 Å². The van der Waals surface area contributed by atoms with E-state index in [1.807, 2.05) is 47.4 Å². The van der Waals surface area contributed by atoms with E-state index >= 15 is 0 Å². The number of hydrogen-bond acceptors (Lipinski definition) is 5. The summed E-state index contributed by atoms with van der Waals surface area (Å²) in [7, 11) is 0. The van der Waals surface area contributed by atoms with Gasteiger partial charge in [0.1, 0.15) is 11.5 Å². The Morgan fingerprint density at radius 3 is 2.32 bits per heavy atom. The highest BCUT2D eigenvalue weighted by Crippen LogP contribution is 2.20. The molecule has 5 rings (SSSR count). The lowest BCUT2D eigenvalue weighted by Crippen LogP contribution is -2.49. The predicted molar refractivity (Wildman–Crippen MR) is 117 cm³/mol. The lowest BCUT2D eigenvalue weighted by Gasteiger charge is -2.35. The molecule has 4 aromatic rings. The van der Waals surface area contributed by atoms with Crippen LogP contribution in [0.5, 0.6) is 0 Å². The molecule has 0 atom stereocenters. The first kappa shape index (κ1) is 19.1. The van der Waals surface area contributed by atoms with Gasteiger partial charge < -0.3 is 9.80 Å². The van der Waals surface area contributed by atoms with Gasteiger partial charge in [-0.25, -0.2) is 9.37 Å². The Labute approximate surface area is 179 Å². The summed E-state index contributed by atoms with van der Waals surface area (Å²) in [5, 5.41) is 9.63. The van der Waals surface area contributed by atoms with Gasteiger partial charge in [-0.15, -0.1) is 10.2 Å². The van der Waals surface area contributed by atoms with E-state index in [9.17, 15) is 9.18 Å². The summed E-state index contributed by atoms with van der Waals surface area (Å²) in [4.78, 5) is 21.4. The summed E-state index contributed by atoms with van der Waals surface area (Å²) >= 11 is 0. The molecule has 154 valence electrons. The van der Waals surface area contributed by atoms with Crippen LogP contribution in [0.4, 0.5) is 10.2 Å². The number of piperazine rings is 1. The number of amides is 1. The maximum Gasteiger partial charge on any atom is 0.272 e. The minimum atomic E-state index is -0.278. The zero-order valence-corrected chi connectivity index (χ0v) is 16.8. The number of anilines is 1. The zero-order valence-electron chi connectivity index (χ0n) is 16.8. The number of halogens is 1. The van der Waals surface area contributed by atoms with E-state index in [4.69, 9.17) is 0 Å². The highest BCUT2D eigenvalue weighted by atomic mass is 19.1. The molecular weight excluding hydrogens is 393 g/mol. The second kappa shape index (κ2) is 8.10. The quantitative estimate of drug-likeness (QED) is 0.511. The average Bonchev–Trinajstić information content (AvgIpc) is 2.84. The average molecular weight is 413 g/mol. The van der Waals surface area contributed by atoms with Crippen LogP contribution in [-0.4, -0.2) is 52.2 Å². The molecule has 6 nitrogen and oxygen atoms in total. The van der Waals surface area contributed by atoms with E-state index < -0.39 is 0 Å². The van der Waals surface area contributed by atoms with Gasteiger partial charge in [0.05, 0.1) is 11.2 Å². The Hall–Kier alpha value is -3.87. The van der Waals surface area contributed by atoms with Gasteiger partial charge >= 0.3 is 0 Å². The van der Waals surface area contributed by atoms with E-state index in [1.165, 1.54) is 12.1 Å². The maximum atomic E-state index is 13.1. The number of benzene rings is 2. The number of carbonyl (C=O) groups excluding carboxylic acids is 1. The molecule has 2 aromatic carbocycles. The van der Waals surface area contributed by atoms with Gasteiger partial charge in [-0.1, -0.05) is 24.3 Å². The molecule has 1 saturated heterocycles. The third-order valence-corrected chi connectivity index (χ3v) is 5.50. The van der Waals surface area contributed by atoms with Gasteiger partial charge in [0.2, 0.25) is 0 Å².